The Labute approximate surface area is 92.9 Å². The summed E-state index contributed by atoms with van der Waals surface area (Å²) in [7, 11) is 0. The van der Waals surface area contributed by atoms with E-state index < -0.39 is 6.10 Å². The maximum atomic E-state index is 11.5. The van der Waals surface area contributed by atoms with E-state index in [0.29, 0.717) is 17.1 Å². The predicted octanol–water partition coefficient (Wildman–Crippen LogP) is 0.359. The molecule has 1 amide bonds. The quantitative estimate of drug-likeness (QED) is 0.736. The third-order valence-corrected chi connectivity index (χ3v) is 2.57. The van der Waals surface area contributed by atoms with Crippen molar-refractivity contribution in [3.05, 3.63) is 23.4 Å². The van der Waals surface area contributed by atoms with Gasteiger partial charge in [0.15, 0.2) is 0 Å². The van der Waals surface area contributed by atoms with Crippen molar-refractivity contribution >= 4 is 11.7 Å². The van der Waals surface area contributed by atoms with Crippen molar-refractivity contribution in [2.75, 3.05) is 11.4 Å². The number of carbonyl (C=O) groups is 1. The van der Waals surface area contributed by atoms with Crippen LogP contribution < -0.4 is 4.90 Å². The fraction of sp³-hybridized carbons (Fsp3) is 0.364. The number of aliphatic hydroxyl groups excluding tert-OH is 1. The molecule has 0 spiro atoms. The second-order valence-corrected chi connectivity index (χ2v) is 3.78. The summed E-state index contributed by atoms with van der Waals surface area (Å²) in [5.41, 5.74) is 1.09. The Morgan fingerprint density at radius 1 is 1.62 bits per heavy atom. The minimum Gasteiger partial charge on any atom is -0.391 e. The van der Waals surface area contributed by atoms with Crippen molar-refractivity contribution in [2.45, 2.75) is 19.4 Å². The van der Waals surface area contributed by atoms with Crippen LogP contribution in [0.3, 0.4) is 0 Å². The number of aryl methyl sites for hydroxylation is 1. The van der Waals surface area contributed by atoms with E-state index >= 15 is 0 Å². The van der Waals surface area contributed by atoms with E-state index in [1.165, 1.54) is 4.90 Å². The van der Waals surface area contributed by atoms with Crippen molar-refractivity contribution in [3.63, 3.8) is 0 Å². The summed E-state index contributed by atoms with van der Waals surface area (Å²) in [5, 5.41) is 18.1. The van der Waals surface area contributed by atoms with Crippen LogP contribution in [0.4, 0.5) is 5.82 Å². The van der Waals surface area contributed by atoms with Gasteiger partial charge in [0.2, 0.25) is 5.91 Å². The van der Waals surface area contributed by atoms with E-state index in [1.54, 1.807) is 19.1 Å². The largest absolute Gasteiger partial charge is 0.391 e. The van der Waals surface area contributed by atoms with Gasteiger partial charge < -0.3 is 5.11 Å². The highest BCUT2D eigenvalue weighted by atomic mass is 16.3. The molecule has 0 saturated carbocycles. The molecule has 0 bridgehead atoms. The molecule has 5 heteroatoms. The molecule has 1 aromatic heterocycles. The number of aromatic nitrogens is 1. The van der Waals surface area contributed by atoms with Crippen LogP contribution in [0, 0.1) is 18.3 Å². The van der Waals surface area contributed by atoms with Crippen LogP contribution in [0.5, 0.6) is 0 Å². The van der Waals surface area contributed by atoms with E-state index in [0.717, 1.165) is 0 Å². The SMILES string of the molecule is Cc1nc(N2CC(O)CC2=O)ccc1C#N. The molecule has 1 aliphatic heterocycles. The van der Waals surface area contributed by atoms with E-state index in [9.17, 15) is 9.90 Å². The zero-order chi connectivity index (χ0) is 11.7. The Kier molecular flexibility index (Phi) is 2.59. The lowest BCUT2D eigenvalue weighted by atomic mass is 10.2. The van der Waals surface area contributed by atoms with Crippen molar-refractivity contribution in [1.82, 2.24) is 4.98 Å². The van der Waals surface area contributed by atoms with Crippen molar-refractivity contribution in [2.24, 2.45) is 0 Å². The molecule has 0 aromatic carbocycles. The normalized spacial score (nSPS) is 19.9. The van der Waals surface area contributed by atoms with Crippen molar-refractivity contribution in [3.8, 4) is 6.07 Å². The number of pyridine rings is 1. The van der Waals surface area contributed by atoms with Crippen LogP contribution in [0.1, 0.15) is 17.7 Å². The summed E-state index contributed by atoms with van der Waals surface area (Å²) < 4.78 is 0. The molecule has 1 aromatic rings. The summed E-state index contributed by atoms with van der Waals surface area (Å²) in [6, 6.07) is 5.28. The molecule has 5 nitrogen and oxygen atoms in total. The molecule has 2 rings (SSSR count). The summed E-state index contributed by atoms with van der Waals surface area (Å²) in [6.45, 7) is 2.00. The zero-order valence-electron chi connectivity index (χ0n) is 8.84. The van der Waals surface area contributed by atoms with Crippen molar-refractivity contribution < 1.29 is 9.90 Å². The van der Waals surface area contributed by atoms with Gasteiger partial charge in [-0.05, 0) is 19.1 Å². The monoisotopic (exact) mass is 217 g/mol. The van der Waals surface area contributed by atoms with Gasteiger partial charge in [-0.3, -0.25) is 9.69 Å². The lowest BCUT2D eigenvalue weighted by Gasteiger charge is -2.15. The Balaban J connectivity index is 2.32. The molecule has 82 valence electrons. The lowest BCUT2D eigenvalue weighted by Crippen LogP contribution is -2.26. The van der Waals surface area contributed by atoms with Crippen LogP contribution in [-0.4, -0.2) is 28.6 Å². The van der Waals surface area contributed by atoms with Crippen LogP contribution in [-0.2, 0) is 4.79 Å². The predicted molar refractivity (Wildman–Crippen MR) is 56.7 cm³/mol. The van der Waals surface area contributed by atoms with Gasteiger partial charge in [-0.25, -0.2) is 4.98 Å². The molecule has 1 saturated heterocycles. The van der Waals surface area contributed by atoms with Gasteiger partial charge in [0, 0.05) is 0 Å². The average Bonchev–Trinajstić information content (AvgIpc) is 2.58. The van der Waals surface area contributed by atoms with Gasteiger partial charge in [0.25, 0.3) is 0 Å². The van der Waals surface area contributed by atoms with E-state index in [4.69, 9.17) is 5.26 Å². The fourth-order valence-electron chi connectivity index (χ4n) is 1.73. The molecule has 16 heavy (non-hydrogen) atoms. The lowest BCUT2D eigenvalue weighted by molar-refractivity contribution is -0.117. The highest BCUT2D eigenvalue weighted by Crippen LogP contribution is 2.20. The van der Waals surface area contributed by atoms with Crippen molar-refractivity contribution in [1.29, 1.82) is 5.26 Å². The van der Waals surface area contributed by atoms with E-state index in [-0.39, 0.29) is 18.9 Å². The number of anilines is 1. The van der Waals surface area contributed by atoms with E-state index in [1.807, 2.05) is 6.07 Å². The van der Waals surface area contributed by atoms with Gasteiger partial charge in [0.05, 0.1) is 30.3 Å². The third kappa shape index (κ3) is 1.75. The molecule has 2 heterocycles. The number of aliphatic hydroxyl groups is 1. The Morgan fingerprint density at radius 3 is 2.88 bits per heavy atom. The number of β-amino-alcohol motifs (C(OH)–C–C–N with tert-alkyl or cyclic N) is 1. The zero-order valence-corrected chi connectivity index (χ0v) is 8.84. The number of carbonyl (C=O) groups excluding carboxylic acids is 1. The molecule has 0 radical (unpaired) electrons. The fourth-order valence-corrected chi connectivity index (χ4v) is 1.73. The summed E-state index contributed by atoms with van der Waals surface area (Å²) in [6.07, 6.45) is -0.481. The molecule has 0 aliphatic carbocycles. The second kappa shape index (κ2) is 3.91. The van der Waals surface area contributed by atoms with Gasteiger partial charge in [-0.1, -0.05) is 0 Å². The van der Waals surface area contributed by atoms with Gasteiger partial charge in [0.1, 0.15) is 11.9 Å². The Morgan fingerprint density at radius 2 is 2.38 bits per heavy atom. The number of amides is 1. The molecular weight excluding hydrogens is 206 g/mol. The summed E-state index contributed by atoms with van der Waals surface area (Å²) in [4.78, 5) is 17.1. The number of rotatable bonds is 1. The minimum absolute atomic E-state index is 0.135. The molecule has 1 N–H and O–H groups in total. The van der Waals surface area contributed by atoms with Gasteiger partial charge >= 0.3 is 0 Å². The first-order chi connectivity index (χ1) is 7.61. The van der Waals surface area contributed by atoms with Crippen LogP contribution in [0.15, 0.2) is 12.1 Å². The van der Waals surface area contributed by atoms with Crippen LogP contribution in [0.2, 0.25) is 0 Å². The first-order valence-corrected chi connectivity index (χ1v) is 4.98. The molecule has 1 atom stereocenters. The smallest absolute Gasteiger partial charge is 0.230 e. The maximum Gasteiger partial charge on any atom is 0.230 e. The number of nitriles is 1. The minimum atomic E-state index is -0.620. The topological polar surface area (TPSA) is 77.2 Å². The third-order valence-electron chi connectivity index (χ3n) is 2.57. The highest BCUT2D eigenvalue weighted by Gasteiger charge is 2.29. The molecule has 1 fully saturated rings. The van der Waals surface area contributed by atoms with Gasteiger partial charge in [-0.15, -0.1) is 0 Å². The molecule has 1 unspecified atom stereocenters. The average molecular weight is 217 g/mol. The Bertz CT molecular complexity index is 479. The molecular formula is C11H11N3O2. The molecule has 1 aliphatic rings. The first kappa shape index (κ1) is 10.6. The number of nitrogens with zero attached hydrogens (tertiary/aromatic N) is 3. The first-order valence-electron chi connectivity index (χ1n) is 4.98. The van der Waals surface area contributed by atoms with Crippen LogP contribution >= 0.6 is 0 Å². The standard InChI is InChI=1S/C11H11N3O2/c1-7-8(5-12)2-3-10(13-7)14-6-9(15)4-11(14)16/h2-3,9,15H,4,6H2,1H3. The summed E-state index contributed by atoms with van der Waals surface area (Å²) in [5.74, 6) is 0.363. The number of hydrogen-bond donors (Lipinski definition) is 1. The Hall–Kier alpha value is -1.93. The maximum absolute atomic E-state index is 11.5. The van der Waals surface area contributed by atoms with Gasteiger partial charge in [-0.2, -0.15) is 5.26 Å². The number of hydrogen-bond acceptors (Lipinski definition) is 4. The van der Waals surface area contributed by atoms with Crippen LogP contribution in [0.25, 0.3) is 0 Å². The second-order valence-electron chi connectivity index (χ2n) is 3.78. The van der Waals surface area contributed by atoms with E-state index in [2.05, 4.69) is 4.98 Å². The summed E-state index contributed by atoms with van der Waals surface area (Å²) >= 11 is 0. The highest BCUT2D eigenvalue weighted by molar-refractivity contribution is 5.95.